The van der Waals surface area contributed by atoms with Crippen LogP contribution in [0.15, 0.2) is 0 Å². The molecule has 0 bridgehead atoms. The minimum Gasteiger partial charge on any atom is -0.312 e. The molecule has 0 amide bonds. The second kappa shape index (κ2) is 5.92. The second-order valence-electron chi connectivity index (χ2n) is 7.99. The van der Waals surface area contributed by atoms with Crippen molar-refractivity contribution in [2.75, 3.05) is 26.7 Å². The first-order chi connectivity index (χ1) is 8.42. The molecule has 2 nitrogen and oxygen atoms in total. The van der Waals surface area contributed by atoms with Crippen molar-refractivity contribution in [3.8, 4) is 0 Å². The molecule has 2 rings (SSSR count). The molecule has 2 aliphatic rings. The molecule has 106 valence electrons. The van der Waals surface area contributed by atoms with Crippen molar-refractivity contribution < 1.29 is 0 Å². The van der Waals surface area contributed by atoms with Crippen LogP contribution in [0.1, 0.15) is 52.9 Å². The van der Waals surface area contributed by atoms with E-state index in [1.54, 1.807) is 0 Å². The SMILES string of the molecule is CN1CC(CC(C)(C)C)CC(NCC2CCC2)C1. The van der Waals surface area contributed by atoms with Gasteiger partial charge in [0, 0.05) is 19.1 Å². The molecule has 0 aromatic rings. The molecule has 0 aromatic heterocycles. The van der Waals surface area contributed by atoms with Gasteiger partial charge in [0.1, 0.15) is 0 Å². The van der Waals surface area contributed by atoms with Gasteiger partial charge in [-0.05, 0) is 56.5 Å². The van der Waals surface area contributed by atoms with Gasteiger partial charge in [-0.1, -0.05) is 27.2 Å². The summed E-state index contributed by atoms with van der Waals surface area (Å²) in [6.45, 7) is 10.9. The Hall–Kier alpha value is -0.0800. The zero-order valence-electron chi connectivity index (χ0n) is 12.8. The van der Waals surface area contributed by atoms with E-state index in [1.807, 2.05) is 0 Å². The van der Waals surface area contributed by atoms with E-state index in [4.69, 9.17) is 0 Å². The largest absolute Gasteiger partial charge is 0.312 e. The van der Waals surface area contributed by atoms with Crippen molar-refractivity contribution in [2.45, 2.75) is 58.9 Å². The van der Waals surface area contributed by atoms with Gasteiger partial charge in [-0.3, -0.25) is 0 Å². The summed E-state index contributed by atoms with van der Waals surface area (Å²) in [4.78, 5) is 2.53. The van der Waals surface area contributed by atoms with Crippen molar-refractivity contribution in [1.82, 2.24) is 10.2 Å². The highest BCUT2D eigenvalue weighted by molar-refractivity contribution is 4.85. The van der Waals surface area contributed by atoms with E-state index < -0.39 is 0 Å². The van der Waals surface area contributed by atoms with Crippen LogP contribution in [0, 0.1) is 17.3 Å². The molecule has 1 N–H and O–H groups in total. The third-order valence-electron chi connectivity index (χ3n) is 4.54. The van der Waals surface area contributed by atoms with Crippen molar-refractivity contribution in [2.24, 2.45) is 17.3 Å². The molecule has 0 radical (unpaired) electrons. The zero-order chi connectivity index (χ0) is 13.2. The molecule has 2 fully saturated rings. The maximum atomic E-state index is 3.83. The van der Waals surface area contributed by atoms with Gasteiger partial charge >= 0.3 is 0 Å². The molecule has 1 aliphatic heterocycles. The topological polar surface area (TPSA) is 15.3 Å². The Balaban J connectivity index is 1.76. The van der Waals surface area contributed by atoms with Gasteiger partial charge in [0.05, 0.1) is 0 Å². The predicted octanol–water partition coefficient (Wildman–Crippen LogP) is 3.13. The maximum absolute atomic E-state index is 3.83. The predicted molar refractivity (Wildman–Crippen MR) is 78.8 cm³/mol. The van der Waals surface area contributed by atoms with E-state index >= 15 is 0 Å². The van der Waals surface area contributed by atoms with Crippen LogP contribution in [0.2, 0.25) is 0 Å². The van der Waals surface area contributed by atoms with Gasteiger partial charge in [-0.25, -0.2) is 0 Å². The Kier molecular flexibility index (Phi) is 4.71. The van der Waals surface area contributed by atoms with Crippen molar-refractivity contribution >= 4 is 0 Å². The second-order valence-corrected chi connectivity index (χ2v) is 7.99. The van der Waals surface area contributed by atoms with Gasteiger partial charge in [0.25, 0.3) is 0 Å². The first-order valence-electron chi connectivity index (χ1n) is 7.84. The summed E-state index contributed by atoms with van der Waals surface area (Å²) < 4.78 is 0. The van der Waals surface area contributed by atoms with E-state index in [0.717, 1.165) is 17.9 Å². The van der Waals surface area contributed by atoms with Gasteiger partial charge in [-0.2, -0.15) is 0 Å². The van der Waals surface area contributed by atoms with Crippen molar-refractivity contribution in [3.63, 3.8) is 0 Å². The molecular weight excluding hydrogens is 220 g/mol. The van der Waals surface area contributed by atoms with E-state index in [1.165, 1.54) is 51.7 Å². The number of piperidine rings is 1. The monoisotopic (exact) mass is 252 g/mol. The van der Waals surface area contributed by atoms with E-state index in [-0.39, 0.29) is 0 Å². The Morgan fingerprint density at radius 2 is 1.83 bits per heavy atom. The Morgan fingerprint density at radius 1 is 1.11 bits per heavy atom. The van der Waals surface area contributed by atoms with Gasteiger partial charge in [-0.15, -0.1) is 0 Å². The van der Waals surface area contributed by atoms with E-state index in [2.05, 4.69) is 38.0 Å². The number of rotatable bonds is 4. The van der Waals surface area contributed by atoms with Crippen LogP contribution >= 0.6 is 0 Å². The molecule has 1 heterocycles. The number of likely N-dealkylation sites (tertiary alicyclic amines) is 1. The normalized spacial score (nSPS) is 31.3. The molecule has 0 spiro atoms. The Labute approximate surface area is 114 Å². The molecule has 0 aromatic carbocycles. The summed E-state index contributed by atoms with van der Waals surface area (Å²) in [5.41, 5.74) is 0.474. The fourth-order valence-corrected chi connectivity index (χ4v) is 3.64. The lowest BCUT2D eigenvalue weighted by Crippen LogP contribution is -2.49. The molecule has 1 aliphatic carbocycles. The van der Waals surface area contributed by atoms with Crippen LogP contribution in [-0.2, 0) is 0 Å². The van der Waals surface area contributed by atoms with Gasteiger partial charge in [0.2, 0.25) is 0 Å². The number of likely N-dealkylation sites (N-methyl/N-ethyl adjacent to an activating group) is 1. The number of hydrogen-bond donors (Lipinski definition) is 1. The van der Waals surface area contributed by atoms with Crippen LogP contribution in [0.4, 0.5) is 0 Å². The number of nitrogens with one attached hydrogen (secondary N) is 1. The lowest BCUT2D eigenvalue weighted by atomic mass is 9.80. The molecule has 2 atom stereocenters. The minimum atomic E-state index is 0.474. The van der Waals surface area contributed by atoms with Gasteiger partial charge in [0.15, 0.2) is 0 Å². The quantitative estimate of drug-likeness (QED) is 0.827. The zero-order valence-corrected chi connectivity index (χ0v) is 12.8. The smallest absolute Gasteiger partial charge is 0.0198 e. The summed E-state index contributed by atoms with van der Waals surface area (Å²) in [6, 6.07) is 0.733. The third-order valence-corrected chi connectivity index (χ3v) is 4.54. The molecule has 1 saturated heterocycles. The van der Waals surface area contributed by atoms with Crippen molar-refractivity contribution in [3.05, 3.63) is 0 Å². The highest BCUT2D eigenvalue weighted by Crippen LogP contribution is 2.30. The molecular formula is C16H32N2. The molecule has 1 saturated carbocycles. The van der Waals surface area contributed by atoms with Crippen LogP contribution < -0.4 is 5.32 Å². The molecule has 2 heteroatoms. The summed E-state index contributed by atoms with van der Waals surface area (Å²) in [5, 5.41) is 3.83. The minimum absolute atomic E-state index is 0.474. The molecule has 18 heavy (non-hydrogen) atoms. The fourth-order valence-electron chi connectivity index (χ4n) is 3.64. The Morgan fingerprint density at radius 3 is 2.39 bits per heavy atom. The first kappa shape index (κ1) is 14.3. The summed E-state index contributed by atoms with van der Waals surface area (Å²) >= 11 is 0. The third kappa shape index (κ3) is 4.55. The molecule has 2 unspecified atom stereocenters. The summed E-state index contributed by atoms with van der Waals surface area (Å²) in [6.07, 6.45) is 7.12. The Bertz CT molecular complexity index is 252. The fraction of sp³-hybridized carbons (Fsp3) is 1.00. The van der Waals surface area contributed by atoms with E-state index in [9.17, 15) is 0 Å². The number of nitrogens with zero attached hydrogens (tertiary/aromatic N) is 1. The average Bonchev–Trinajstić information content (AvgIpc) is 2.10. The highest BCUT2D eigenvalue weighted by Gasteiger charge is 2.29. The van der Waals surface area contributed by atoms with E-state index in [0.29, 0.717) is 5.41 Å². The number of hydrogen-bond acceptors (Lipinski definition) is 2. The average molecular weight is 252 g/mol. The highest BCUT2D eigenvalue weighted by atomic mass is 15.1. The van der Waals surface area contributed by atoms with Gasteiger partial charge < -0.3 is 10.2 Å². The lowest BCUT2D eigenvalue weighted by molar-refractivity contribution is 0.129. The van der Waals surface area contributed by atoms with Crippen LogP contribution in [0.5, 0.6) is 0 Å². The summed E-state index contributed by atoms with van der Waals surface area (Å²) in [7, 11) is 2.28. The lowest BCUT2D eigenvalue weighted by Gasteiger charge is -2.39. The summed E-state index contributed by atoms with van der Waals surface area (Å²) in [5.74, 6) is 1.86. The van der Waals surface area contributed by atoms with Crippen LogP contribution in [0.3, 0.4) is 0 Å². The van der Waals surface area contributed by atoms with Crippen molar-refractivity contribution in [1.29, 1.82) is 0 Å². The van der Waals surface area contributed by atoms with Crippen LogP contribution in [0.25, 0.3) is 0 Å². The van der Waals surface area contributed by atoms with Crippen LogP contribution in [-0.4, -0.2) is 37.6 Å². The maximum Gasteiger partial charge on any atom is 0.0198 e. The standard InChI is InChI=1S/C16H32N2/c1-16(2,3)9-14-8-15(12-18(4)11-14)17-10-13-6-5-7-13/h13-15,17H,5-12H2,1-4H3. The first-order valence-corrected chi connectivity index (χ1v) is 7.84.